The van der Waals surface area contributed by atoms with Crippen molar-refractivity contribution in [3.05, 3.63) is 88.1 Å². The molecule has 0 atom stereocenters. The molecule has 0 N–H and O–H groups in total. The van der Waals surface area contributed by atoms with Gasteiger partial charge in [0.25, 0.3) is 5.91 Å². The molecule has 0 unspecified atom stereocenters. The molecule has 3 aromatic rings. The normalized spacial score (nSPS) is 14.0. The van der Waals surface area contributed by atoms with E-state index in [9.17, 15) is 13.2 Å². The first-order valence-corrected chi connectivity index (χ1v) is 14.1. The molecular formula is C26H24Cl2N2O5S2. The number of nitrogens with zero attached hydrogens (tertiary/aromatic N) is 2. The Morgan fingerprint density at radius 3 is 2.38 bits per heavy atom. The molecule has 1 amide bonds. The first-order chi connectivity index (χ1) is 17.6. The summed E-state index contributed by atoms with van der Waals surface area (Å²) in [5, 5.41) is 0.0926. The highest BCUT2D eigenvalue weighted by molar-refractivity contribution is 8.08. The average Bonchev–Trinajstić information content (AvgIpc) is 2.98. The Kier molecular flexibility index (Phi) is 8.40. The van der Waals surface area contributed by atoms with Crippen molar-refractivity contribution in [2.75, 3.05) is 39.2 Å². The number of methoxy groups -OCH3 is 1. The lowest BCUT2D eigenvalue weighted by atomic mass is 10.1. The summed E-state index contributed by atoms with van der Waals surface area (Å²) in [6, 6.07) is 18.4. The summed E-state index contributed by atoms with van der Waals surface area (Å²) in [6.07, 6.45) is 0. The van der Waals surface area contributed by atoms with E-state index in [1.54, 1.807) is 31.4 Å². The van der Waals surface area contributed by atoms with E-state index in [4.69, 9.17) is 32.1 Å². The van der Waals surface area contributed by atoms with Crippen molar-refractivity contribution in [3.8, 4) is 5.75 Å². The highest BCUT2D eigenvalue weighted by Crippen LogP contribution is 2.46. The summed E-state index contributed by atoms with van der Waals surface area (Å²) in [5.74, 6) is -0.309. The van der Waals surface area contributed by atoms with Crippen LogP contribution in [-0.2, 0) is 19.1 Å². The molecule has 194 valence electrons. The number of anilines is 1. The van der Waals surface area contributed by atoms with Gasteiger partial charge < -0.3 is 18.7 Å². The monoisotopic (exact) mass is 578 g/mol. The number of hydrogen-bond acceptors (Lipinski definition) is 7. The van der Waals surface area contributed by atoms with Crippen molar-refractivity contribution < 1.29 is 22.1 Å². The molecule has 37 heavy (non-hydrogen) atoms. The molecule has 1 aliphatic heterocycles. The topological polar surface area (TPSA) is 76.1 Å². The Balaban J connectivity index is 1.91. The van der Waals surface area contributed by atoms with E-state index >= 15 is 0 Å². The van der Waals surface area contributed by atoms with Crippen molar-refractivity contribution in [3.63, 3.8) is 0 Å². The lowest BCUT2D eigenvalue weighted by Gasteiger charge is -2.25. The summed E-state index contributed by atoms with van der Waals surface area (Å²) in [6.45, 7) is 0.854. The van der Waals surface area contributed by atoms with Gasteiger partial charge in [0.05, 0.1) is 22.7 Å². The highest BCUT2D eigenvalue weighted by atomic mass is 35.5. The van der Waals surface area contributed by atoms with Gasteiger partial charge in [0.15, 0.2) is 0 Å². The lowest BCUT2D eigenvalue weighted by Crippen LogP contribution is -2.38. The zero-order chi connectivity index (χ0) is 26.7. The second-order valence-electron chi connectivity index (χ2n) is 8.33. The maximum atomic E-state index is 14.1. The van der Waals surface area contributed by atoms with Crippen LogP contribution in [0.3, 0.4) is 0 Å². The molecule has 0 spiro atoms. The molecule has 0 bridgehead atoms. The molecule has 7 nitrogen and oxygen atoms in total. The second-order valence-corrected chi connectivity index (χ2v) is 11.7. The predicted molar refractivity (Wildman–Crippen MR) is 148 cm³/mol. The number of likely N-dealkylation sites (N-methyl/N-ethyl adjacent to an activating group) is 1. The molecule has 1 aliphatic rings. The molecule has 1 heterocycles. The van der Waals surface area contributed by atoms with Crippen LogP contribution in [-0.4, -0.2) is 53.5 Å². The highest BCUT2D eigenvalue weighted by Gasteiger charge is 2.35. The van der Waals surface area contributed by atoms with E-state index in [1.807, 2.05) is 43.3 Å². The number of carbonyl (C=O) groups excluding carboxylic acids is 1. The Hall–Kier alpha value is -2.69. The van der Waals surface area contributed by atoms with E-state index in [2.05, 4.69) is 0 Å². The smallest absolute Gasteiger partial charge is 0.340 e. The third-order valence-electron chi connectivity index (χ3n) is 5.49. The van der Waals surface area contributed by atoms with Crippen molar-refractivity contribution in [1.82, 2.24) is 4.90 Å². The maximum absolute atomic E-state index is 14.1. The molecule has 11 heteroatoms. The minimum Gasteiger partial charge on any atom is -0.497 e. The fourth-order valence-electron chi connectivity index (χ4n) is 3.60. The zero-order valence-corrected chi connectivity index (χ0v) is 23.4. The molecule has 0 saturated carbocycles. The largest absolute Gasteiger partial charge is 0.497 e. The summed E-state index contributed by atoms with van der Waals surface area (Å²) in [4.78, 5) is 18.3. The van der Waals surface area contributed by atoms with Crippen LogP contribution >= 0.6 is 35.0 Å². The third kappa shape index (κ3) is 6.08. The van der Waals surface area contributed by atoms with Crippen LogP contribution in [0.5, 0.6) is 5.75 Å². The number of para-hydroxylation sites is 1. The maximum Gasteiger partial charge on any atom is 0.340 e. The van der Waals surface area contributed by atoms with Gasteiger partial charge in [0, 0.05) is 23.0 Å². The van der Waals surface area contributed by atoms with E-state index in [0.717, 1.165) is 4.90 Å². The SMILES string of the molecule is COc1ccc(C2=C(OS(=O)(=O)c3cc(Cl)ccc3Cl)C(=O)N(CCN(C)C)c3ccccc3S2)cc1. The number of ether oxygens (including phenoxy) is 1. The van der Waals surface area contributed by atoms with Crippen LogP contribution in [0.4, 0.5) is 5.69 Å². The number of amides is 1. The lowest BCUT2D eigenvalue weighted by molar-refractivity contribution is -0.117. The van der Waals surface area contributed by atoms with Gasteiger partial charge in [0.1, 0.15) is 10.6 Å². The Labute approximate surface area is 230 Å². The predicted octanol–water partition coefficient (Wildman–Crippen LogP) is 5.78. The Morgan fingerprint density at radius 2 is 1.70 bits per heavy atom. The van der Waals surface area contributed by atoms with E-state index in [1.165, 1.54) is 34.9 Å². The molecular weight excluding hydrogens is 555 g/mol. The third-order valence-corrected chi connectivity index (χ3v) is 8.62. The molecule has 0 radical (unpaired) electrons. The van der Waals surface area contributed by atoms with Gasteiger partial charge in [-0.2, -0.15) is 8.42 Å². The van der Waals surface area contributed by atoms with Gasteiger partial charge in [0.2, 0.25) is 5.76 Å². The Morgan fingerprint density at radius 1 is 1.00 bits per heavy atom. The van der Waals surface area contributed by atoms with Crippen molar-refractivity contribution >= 4 is 61.6 Å². The van der Waals surface area contributed by atoms with E-state index in [0.29, 0.717) is 35.0 Å². The fraction of sp³-hybridized carbons (Fsp3) is 0.192. The van der Waals surface area contributed by atoms with Crippen molar-refractivity contribution in [2.45, 2.75) is 9.79 Å². The van der Waals surface area contributed by atoms with Gasteiger partial charge in [-0.25, -0.2) is 0 Å². The van der Waals surface area contributed by atoms with Crippen molar-refractivity contribution in [2.24, 2.45) is 0 Å². The van der Waals surface area contributed by atoms with Crippen LogP contribution < -0.4 is 9.64 Å². The molecule has 0 aliphatic carbocycles. The summed E-state index contributed by atoms with van der Waals surface area (Å²) < 4.78 is 37.8. The first kappa shape index (κ1) is 27.3. The van der Waals surface area contributed by atoms with Gasteiger partial charge in [-0.05, 0) is 62.1 Å². The van der Waals surface area contributed by atoms with Crippen LogP contribution in [0.25, 0.3) is 4.91 Å². The van der Waals surface area contributed by atoms with E-state index in [-0.39, 0.29) is 20.7 Å². The Bertz CT molecular complexity index is 1460. The number of carbonyl (C=O) groups is 1. The quantitative estimate of drug-likeness (QED) is 0.314. The second kappa shape index (κ2) is 11.4. The number of hydrogen-bond donors (Lipinski definition) is 0. The van der Waals surface area contributed by atoms with Gasteiger partial charge >= 0.3 is 10.1 Å². The standard InChI is InChI=1S/C26H24Cl2N2O5S2/c1-29(2)14-15-30-21-6-4-5-7-22(21)36-25(17-8-11-19(34-3)12-9-17)24(26(30)31)35-37(32,33)23-16-18(27)10-13-20(23)28/h4-13,16H,14-15H2,1-3H3. The number of benzene rings is 3. The van der Waals surface area contributed by atoms with Crippen LogP contribution in [0.1, 0.15) is 5.56 Å². The molecule has 3 aromatic carbocycles. The van der Waals surface area contributed by atoms with Crippen molar-refractivity contribution in [1.29, 1.82) is 0 Å². The number of rotatable bonds is 8. The molecule has 0 saturated heterocycles. The number of fused-ring (bicyclic) bond motifs is 1. The van der Waals surface area contributed by atoms with Crippen LogP contribution in [0.15, 0.2) is 82.3 Å². The molecule has 0 fully saturated rings. The van der Waals surface area contributed by atoms with Gasteiger partial charge in [-0.1, -0.05) is 59.2 Å². The average molecular weight is 580 g/mol. The zero-order valence-electron chi connectivity index (χ0n) is 20.3. The van der Waals surface area contributed by atoms with E-state index < -0.39 is 16.0 Å². The minimum absolute atomic E-state index is 0.0718. The number of halogens is 2. The summed E-state index contributed by atoms with van der Waals surface area (Å²) in [5.41, 5.74) is 1.24. The summed E-state index contributed by atoms with van der Waals surface area (Å²) in [7, 11) is 0.807. The minimum atomic E-state index is -4.53. The number of thioether (sulfide) groups is 1. The van der Waals surface area contributed by atoms with Crippen LogP contribution in [0.2, 0.25) is 10.0 Å². The summed E-state index contributed by atoms with van der Waals surface area (Å²) >= 11 is 13.5. The van der Waals surface area contributed by atoms with Gasteiger partial charge in [-0.15, -0.1) is 0 Å². The van der Waals surface area contributed by atoms with Crippen LogP contribution in [0, 0.1) is 0 Å². The molecule has 4 rings (SSSR count). The van der Waals surface area contributed by atoms with Gasteiger partial charge in [-0.3, -0.25) is 4.79 Å². The fourth-order valence-corrected chi connectivity index (χ4v) is 6.46. The molecule has 0 aromatic heterocycles. The first-order valence-electron chi connectivity index (χ1n) is 11.1.